The van der Waals surface area contributed by atoms with Crippen LogP contribution in [0.25, 0.3) is 0 Å². The lowest BCUT2D eigenvalue weighted by Gasteiger charge is -2.35. The zero-order chi connectivity index (χ0) is 22.6. The second kappa shape index (κ2) is 9.99. The van der Waals surface area contributed by atoms with E-state index in [0.29, 0.717) is 45.0 Å². The Morgan fingerprint density at radius 3 is 2.31 bits per heavy atom. The van der Waals surface area contributed by atoms with Gasteiger partial charge in [-0.1, -0.05) is 18.2 Å². The third-order valence-electron chi connectivity index (χ3n) is 5.91. The Balaban J connectivity index is 1.37. The molecule has 2 heterocycles. The fourth-order valence-corrected chi connectivity index (χ4v) is 5.46. The van der Waals surface area contributed by atoms with E-state index in [4.69, 9.17) is 9.47 Å². The Morgan fingerprint density at radius 2 is 1.66 bits per heavy atom. The van der Waals surface area contributed by atoms with E-state index in [9.17, 15) is 13.2 Å². The molecule has 0 atom stereocenters. The van der Waals surface area contributed by atoms with Crippen LogP contribution in [0.1, 0.15) is 15.9 Å². The highest BCUT2D eigenvalue weighted by Gasteiger charge is 2.28. The first-order chi connectivity index (χ1) is 15.5. The van der Waals surface area contributed by atoms with Crippen LogP contribution in [0.15, 0.2) is 53.4 Å². The molecule has 2 aromatic rings. The predicted molar refractivity (Wildman–Crippen MR) is 120 cm³/mol. The van der Waals surface area contributed by atoms with Crippen LogP contribution < -0.4 is 4.74 Å². The third kappa shape index (κ3) is 5.12. The molecule has 0 N–H and O–H groups in total. The zero-order valence-electron chi connectivity index (χ0n) is 18.3. The number of rotatable bonds is 6. The molecular formula is C23H29N3O5S. The number of nitrogens with zero attached hydrogens (tertiary/aromatic N) is 3. The number of carbonyl (C=O) groups excluding carboxylic acids is 1. The van der Waals surface area contributed by atoms with Crippen LogP contribution in [0.5, 0.6) is 5.75 Å². The average molecular weight is 460 g/mol. The molecule has 172 valence electrons. The van der Waals surface area contributed by atoms with Crippen molar-refractivity contribution in [2.45, 2.75) is 11.4 Å². The molecule has 0 spiro atoms. The SMILES string of the molecule is COc1ccc(CN2CCN(C(=O)c3cccc(S(=O)(=O)N4CCOCC4)c3)CC2)cc1. The Morgan fingerprint density at radius 1 is 0.969 bits per heavy atom. The van der Waals surface area contributed by atoms with Crippen LogP contribution in [0.2, 0.25) is 0 Å². The quantitative estimate of drug-likeness (QED) is 0.654. The Labute approximate surface area is 189 Å². The van der Waals surface area contributed by atoms with Gasteiger partial charge in [0.05, 0.1) is 25.2 Å². The van der Waals surface area contributed by atoms with Crippen molar-refractivity contribution in [2.75, 3.05) is 59.6 Å². The highest BCUT2D eigenvalue weighted by Crippen LogP contribution is 2.20. The lowest BCUT2D eigenvalue weighted by molar-refractivity contribution is 0.0628. The van der Waals surface area contributed by atoms with Gasteiger partial charge in [-0.25, -0.2) is 8.42 Å². The number of morpholine rings is 1. The lowest BCUT2D eigenvalue weighted by atomic mass is 10.1. The van der Waals surface area contributed by atoms with Crippen molar-refractivity contribution in [1.82, 2.24) is 14.1 Å². The minimum Gasteiger partial charge on any atom is -0.497 e. The van der Waals surface area contributed by atoms with Gasteiger partial charge in [-0.15, -0.1) is 0 Å². The molecule has 0 aliphatic carbocycles. The van der Waals surface area contributed by atoms with Gasteiger partial charge in [0.25, 0.3) is 5.91 Å². The van der Waals surface area contributed by atoms with Crippen LogP contribution in [0.3, 0.4) is 0 Å². The van der Waals surface area contributed by atoms with Gasteiger partial charge >= 0.3 is 0 Å². The van der Waals surface area contributed by atoms with Crippen LogP contribution in [0.4, 0.5) is 0 Å². The average Bonchev–Trinajstić information content (AvgIpc) is 2.85. The summed E-state index contributed by atoms with van der Waals surface area (Å²) in [5.41, 5.74) is 1.61. The van der Waals surface area contributed by atoms with Gasteiger partial charge in [0.15, 0.2) is 0 Å². The minimum atomic E-state index is -3.63. The van der Waals surface area contributed by atoms with Crippen molar-refractivity contribution >= 4 is 15.9 Å². The monoisotopic (exact) mass is 459 g/mol. The van der Waals surface area contributed by atoms with E-state index in [1.54, 1.807) is 30.2 Å². The van der Waals surface area contributed by atoms with E-state index in [1.165, 1.54) is 15.9 Å². The summed E-state index contributed by atoms with van der Waals surface area (Å²) in [4.78, 5) is 17.3. The topological polar surface area (TPSA) is 79.4 Å². The van der Waals surface area contributed by atoms with E-state index in [-0.39, 0.29) is 10.8 Å². The van der Waals surface area contributed by atoms with Gasteiger partial charge in [0.2, 0.25) is 10.0 Å². The van der Waals surface area contributed by atoms with Gasteiger partial charge in [0, 0.05) is 51.4 Å². The van der Waals surface area contributed by atoms with Gasteiger partial charge in [-0.3, -0.25) is 9.69 Å². The summed E-state index contributed by atoms with van der Waals surface area (Å²) in [7, 11) is -1.98. The smallest absolute Gasteiger partial charge is 0.253 e. The summed E-state index contributed by atoms with van der Waals surface area (Å²) in [6.45, 7) is 5.00. The summed E-state index contributed by atoms with van der Waals surface area (Å²) >= 11 is 0. The van der Waals surface area contributed by atoms with Crippen LogP contribution in [-0.4, -0.2) is 88.0 Å². The van der Waals surface area contributed by atoms with Crippen LogP contribution in [-0.2, 0) is 21.3 Å². The second-order valence-corrected chi connectivity index (χ2v) is 9.90. The Kier molecular flexibility index (Phi) is 7.10. The molecule has 2 aliphatic rings. The first-order valence-electron chi connectivity index (χ1n) is 10.8. The molecule has 2 aliphatic heterocycles. The first-order valence-corrected chi connectivity index (χ1v) is 12.2. The van der Waals surface area contributed by atoms with E-state index >= 15 is 0 Å². The maximum Gasteiger partial charge on any atom is 0.253 e. The Bertz CT molecular complexity index is 1030. The summed E-state index contributed by atoms with van der Waals surface area (Å²) < 4.78 is 37.7. The van der Waals surface area contributed by atoms with Crippen molar-refractivity contribution in [3.8, 4) is 5.75 Å². The highest BCUT2D eigenvalue weighted by atomic mass is 32.2. The van der Waals surface area contributed by atoms with E-state index in [2.05, 4.69) is 17.0 Å². The zero-order valence-corrected chi connectivity index (χ0v) is 19.1. The number of ether oxygens (including phenoxy) is 2. The number of sulfonamides is 1. The molecule has 2 fully saturated rings. The van der Waals surface area contributed by atoms with E-state index in [0.717, 1.165) is 25.4 Å². The molecule has 0 bridgehead atoms. The van der Waals surface area contributed by atoms with E-state index in [1.807, 2.05) is 12.1 Å². The number of methoxy groups -OCH3 is 1. The fraction of sp³-hybridized carbons (Fsp3) is 0.435. The van der Waals surface area contributed by atoms with Crippen molar-refractivity contribution in [1.29, 1.82) is 0 Å². The number of benzene rings is 2. The molecule has 0 saturated carbocycles. The van der Waals surface area contributed by atoms with Crippen molar-refractivity contribution in [3.05, 3.63) is 59.7 Å². The number of amides is 1. The summed E-state index contributed by atoms with van der Waals surface area (Å²) in [5.74, 6) is 0.704. The molecule has 0 aromatic heterocycles. The predicted octanol–water partition coefficient (Wildman–Crippen LogP) is 1.67. The molecule has 4 rings (SSSR count). The molecule has 32 heavy (non-hydrogen) atoms. The van der Waals surface area contributed by atoms with Crippen molar-refractivity contribution < 1.29 is 22.7 Å². The largest absolute Gasteiger partial charge is 0.497 e. The lowest BCUT2D eigenvalue weighted by Crippen LogP contribution is -2.48. The first kappa shape index (κ1) is 22.7. The fourth-order valence-electron chi connectivity index (χ4n) is 4.01. The van der Waals surface area contributed by atoms with Crippen molar-refractivity contribution in [3.63, 3.8) is 0 Å². The van der Waals surface area contributed by atoms with E-state index < -0.39 is 10.0 Å². The summed E-state index contributed by atoms with van der Waals surface area (Å²) in [5, 5.41) is 0. The molecule has 1 amide bonds. The van der Waals surface area contributed by atoms with Gasteiger partial charge < -0.3 is 14.4 Å². The van der Waals surface area contributed by atoms with Gasteiger partial charge in [0.1, 0.15) is 5.75 Å². The molecule has 8 nitrogen and oxygen atoms in total. The highest BCUT2D eigenvalue weighted by molar-refractivity contribution is 7.89. The molecule has 9 heteroatoms. The molecular weight excluding hydrogens is 430 g/mol. The van der Waals surface area contributed by atoms with Gasteiger partial charge in [-0.2, -0.15) is 4.31 Å². The molecule has 2 saturated heterocycles. The second-order valence-electron chi connectivity index (χ2n) is 7.96. The number of hydrogen-bond donors (Lipinski definition) is 0. The number of hydrogen-bond acceptors (Lipinski definition) is 6. The number of piperazine rings is 1. The van der Waals surface area contributed by atoms with Gasteiger partial charge in [-0.05, 0) is 35.9 Å². The minimum absolute atomic E-state index is 0.131. The van der Waals surface area contributed by atoms with Crippen molar-refractivity contribution in [2.24, 2.45) is 0 Å². The summed E-state index contributed by atoms with van der Waals surface area (Å²) in [6, 6.07) is 14.4. The Hall–Kier alpha value is -2.46. The normalized spacial score (nSPS) is 18.5. The molecule has 0 radical (unpaired) electrons. The standard InChI is InChI=1S/C23H29N3O5S/c1-30-21-7-5-19(6-8-21)18-24-9-11-25(12-10-24)23(27)20-3-2-4-22(17-20)32(28,29)26-13-15-31-16-14-26/h2-8,17H,9-16,18H2,1H3. The number of carbonyl (C=O) groups is 1. The molecule has 2 aromatic carbocycles. The molecule has 0 unspecified atom stereocenters. The maximum absolute atomic E-state index is 13.1. The maximum atomic E-state index is 13.1. The summed E-state index contributed by atoms with van der Waals surface area (Å²) in [6.07, 6.45) is 0. The van der Waals surface area contributed by atoms with Crippen LogP contribution >= 0.6 is 0 Å². The third-order valence-corrected chi connectivity index (χ3v) is 7.81. The van der Waals surface area contributed by atoms with Crippen LogP contribution in [0, 0.1) is 0 Å².